The molecule has 0 unspecified atom stereocenters. The van der Waals surface area contributed by atoms with Gasteiger partial charge >= 0.3 is 0 Å². The van der Waals surface area contributed by atoms with Gasteiger partial charge in [-0.3, -0.25) is 0 Å². The van der Waals surface area contributed by atoms with Crippen LogP contribution >= 0.6 is 23.7 Å². The molecule has 21 heavy (non-hydrogen) atoms. The molecule has 1 saturated heterocycles. The summed E-state index contributed by atoms with van der Waals surface area (Å²) in [4.78, 5) is 0. The molecule has 3 rings (SSSR count). The minimum atomic E-state index is -0.465. The van der Waals surface area contributed by atoms with Gasteiger partial charge in [0.1, 0.15) is 0 Å². The zero-order valence-corrected chi connectivity index (χ0v) is 13.6. The van der Waals surface area contributed by atoms with E-state index in [4.69, 9.17) is 4.74 Å². The van der Waals surface area contributed by atoms with Crippen LogP contribution in [0, 0.1) is 0 Å². The molecule has 1 aromatic heterocycles. The summed E-state index contributed by atoms with van der Waals surface area (Å²) in [5.74, 6) is 0. The number of hydrogen-bond donors (Lipinski definition) is 2. The topological polar surface area (TPSA) is 41.5 Å². The summed E-state index contributed by atoms with van der Waals surface area (Å²) in [7, 11) is 0. The van der Waals surface area contributed by atoms with E-state index in [-0.39, 0.29) is 12.4 Å². The van der Waals surface area contributed by atoms with E-state index in [9.17, 15) is 5.11 Å². The fourth-order valence-corrected chi connectivity index (χ4v) is 3.33. The van der Waals surface area contributed by atoms with Crippen molar-refractivity contribution in [3.63, 3.8) is 0 Å². The Balaban J connectivity index is 0.00000161. The van der Waals surface area contributed by atoms with E-state index in [0.29, 0.717) is 0 Å². The molecule has 5 heteroatoms. The highest BCUT2D eigenvalue weighted by molar-refractivity contribution is 7.17. The molecule has 1 aromatic carbocycles. The van der Waals surface area contributed by atoms with E-state index in [1.807, 2.05) is 0 Å². The average molecular weight is 328 g/mol. The maximum Gasteiger partial charge on any atom is 0.0895 e. The number of thiophene rings is 1. The Labute approximate surface area is 135 Å². The number of β-amino-alcohol motifs (C(OH)–C–C–N with tert-alkyl or cyclic N) is 1. The molecule has 0 radical (unpaired) electrons. The number of aliphatic hydroxyl groups is 1. The lowest BCUT2D eigenvalue weighted by atomic mass is 9.92. The van der Waals surface area contributed by atoms with Crippen molar-refractivity contribution >= 4 is 33.8 Å². The lowest BCUT2D eigenvalue weighted by Crippen LogP contribution is -2.59. The molecular formula is C16H22ClNO2S. The van der Waals surface area contributed by atoms with Gasteiger partial charge in [-0.25, -0.2) is 0 Å². The maximum atomic E-state index is 9.91. The Bertz CT molecular complexity index is 568. The second kappa shape index (κ2) is 7.56. The lowest BCUT2D eigenvalue weighted by Gasteiger charge is -2.37. The third-order valence-electron chi connectivity index (χ3n) is 3.89. The Hall–Kier alpha value is -0.650. The number of halogens is 1. The van der Waals surface area contributed by atoms with Crippen LogP contribution in [-0.4, -0.2) is 37.0 Å². The summed E-state index contributed by atoms with van der Waals surface area (Å²) in [5, 5.41) is 16.5. The van der Waals surface area contributed by atoms with Crippen molar-refractivity contribution in [1.29, 1.82) is 0 Å². The number of rotatable bonds is 7. The van der Waals surface area contributed by atoms with Crippen molar-refractivity contribution in [3.8, 4) is 0 Å². The lowest BCUT2D eigenvalue weighted by molar-refractivity contribution is -0.0246. The van der Waals surface area contributed by atoms with Gasteiger partial charge in [-0.05, 0) is 47.7 Å². The fourth-order valence-electron chi connectivity index (χ4n) is 2.56. The summed E-state index contributed by atoms with van der Waals surface area (Å²) < 4.78 is 7.01. The fraction of sp³-hybridized carbons (Fsp3) is 0.500. The van der Waals surface area contributed by atoms with Gasteiger partial charge < -0.3 is 15.2 Å². The molecular weight excluding hydrogens is 306 g/mol. The van der Waals surface area contributed by atoms with E-state index in [1.165, 1.54) is 15.6 Å². The van der Waals surface area contributed by atoms with Gasteiger partial charge in [0.2, 0.25) is 0 Å². The summed E-state index contributed by atoms with van der Waals surface area (Å²) in [6.07, 6.45) is 2.72. The summed E-state index contributed by atoms with van der Waals surface area (Å²) >= 11 is 1.78. The van der Waals surface area contributed by atoms with Crippen molar-refractivity contribution in [2.24, 2.45) is 0 Å². The summed E-state index contributed by atoms with van der Waals surface area (Å²) in [6, 6.07) is 8.79. The number of benzene rings is 1. The van der Waals surface area contributed by atoms with Crippen LogP contribution in [0.25, 0.3) is 10.1 Å². The molecule has 1 aliphatic rings. The Kier molecular flexibility index (Phi) is 6.02. The molecule has 1 fully saturated rings. The molecule has 0 amide bonds. The number of hydrogen-bond acceptors (Lipinski definition) is 4. The van der Waals surface area contributed by atoms with Gasteiger partial charge in [0.05, 0.1) is 12.2 Å². The number of ether oxygens (including phenoxy) is 1. The zero-order valence-electron chi connectivity index (χ0n) is 12.0. The molecule has 2 N–H and O–H groups in total. The van der Waals surface area contributed by atoms with Gasteiger partial charge in [-0.2, -0.15) is 0 Å². The van der Waals surface area contributed by atoms with Crippen LogP contribution in [0.3, 0.4) is 0 Å². The van der Waals surface area contributed by atoms with Gasteiger partial charge in [0.15, 0.2) is 0 Å². The average Bonchev–Trinajstić information content (AvgIpc) is 2.88. The quantitative estimate of drug-likeness (QED) is 0.768. The van der Waals surface area contributed by atoms with Gasteiger partial charge in [0.25, 0.3) is 0 Å². The van der Waals surface area contributed by atoms with Crippen LogP contribution in [0.2, 0.25) is 0 Å². The second-order valence-electron chi connectivity index (χ2n) is 5.59. The van der Waals surface area contributed by atoms with E-state index in [0.717, 1.165) is 45.6 Å². The molecule has 3 nitrogen and oxygen atoms in total. The Morgan fingerprint density at radius 2 is 2.10 bits per heavy atom. The highest BCUT2D eigenvalue weighted by Crippen LogP contribution is 2.22. The third kappa shape index (κ3) is 4.41. The largest absolute Gasteiger partial charge is 0.387 e. The molecule has 0 aliphatic carbocycles. The van der Waals surface area contributed by atoms with E-state index >= 15 is 0 Å². The predicted octanol–water partition coefficient (Wildman–Crippen LogP) is 3.00. The highest BCUT2D eigenvalue weighted by atomic mass is 35.5. The molecule has 116 valence electrons. The van der Waals surface area contributed by atoms with Crippen molar-refractivity contribution < 1.29 is 9.84 Å². The third-order valence-corrected chi connectivity index (χ3v) is 4.79. The molecule has 2 aromatic rings. The van der Waals surface area contributed by atoms with Crippen molar-refractivity contribution in [2.45, 2.75) is 24.9 Å². The van der Waals surface area contributed by atoms with Crippen LogP contribution in [0.15, 0.2) is 29.6 Å². The molecule has 2 heterocycles. The number of nitrogens with one attached hydrogen (secondary N) is 1. The minimum Gasteiger partial charge on any atom is -0.387 e. The van der Waals surface area contributed by atoms with Crippen LogP contribution in [0.1, 0.15) is 18.4 Å². The van der Waals surface area contributed by atoms with Crippen molar-refractivity contribution in [2.75, 3.05) is 26.3 Å². The van der Waals surface area contributed by atoms with E-state index in [1.54, 1.807) is 11.3 Å². The van der Waals surface area contributed by atoms with Crippen LogP contribution < -0.4 is 5.32 Å². The zero-order chi connectivity index (χ0) is 13.8. The van der Waals surface area contributed by atoms with Crippen LogP contribution in [0.5, 0.6) is 0 Å². The van der Waals surface area contributed by atoms with Crippen LogP contribution in [0.4, 0.5) is 0 Å². The van der Waals surface area contributed by atoms with E-state index < -0.39 is 5.60 Å². The normalized spacial score (nSPS) is 16.4. The first kappa shape index (κ1) is 16.7. The molecule has 0 bridgehead atoms. The molecule has 0 atom stereocenters. The van der Waals surface area contributed by atoms with Crippen LogP contribution in [-0.2, 0) is 11.2 Å². The second-order valence-corrected chi connectivity index (χ2v) is 6.53. The first-order chi connectivity index (χ1) is 9.75. The van der Waals surface area contributed by atoms with Crippen molar-refractivity contribution in [3.05, 3.63) is 35.2 Å². The van der Waals surface area contributed by atoms with Crippen molar-refractivity contribution in [1.82, 2.24) is 5.32 Å². The Morgan fingerprint density at radius 1 is 1.24 bits per heavy atom. The maximum absolute atomic E-state index is 9.91. The minimum absolute atomic E-state index is 0. The van der Waals surface area contributed by atoms with Gasteiger partial charge in [-0.1, -0.05) is 12.1 Å². The standard InChI is InChI=1S/C16H21NO2S.ClH/c18-16(11-17-12-16)6-1-7-19-8-4-13-2-3-15-14(10-13)5-9-20-15;/h2-3,5,9-10,17-18H,1,4,6-8,11-12H2;1H. The highest BCUT2D eigenvalue weighted by Gasteiger charge is 2.33. The first-order valence-corrected chi connectivity index (χ1v) is 8.10. The first-order valence-electron chi connectivity index (χ1n) is 7.22. The van der Waals surface area contributed by atoms with Gasteiger partial charge in [-0.15, -0.1) is 23.7 Å². The summed E-state index contributed by atoms with van der Waals surface area (Å²) in [5.41, 5.74) is 0.866. The summed E-state index contributed by atoms with van der Waals surface area (Å²) in [6.45, 7) is 2.95. The monoisotopic (exact) mass is 327 g/mol. The van der Waals surface area contributed by atoms with Gasteiger partial charge in [0, 0.05) is 24.4 Å². The number of fused-ring (bicyclic) bond motifs is 1. The smallest absolute Gasteiger partial charge is 0.0895 e. The molecule has 0 spiro atoms. The predicted molar refractivity (Wildman–Crippen MR) is 90.6 cm³/mol. The SMILES string of the molecule is Cl.OC1(CCCOCCc2ccc3sccc3c2)CNC1. The Morgan fingerprint density at radius 3 is 2.86 bits per heavy atom. The molecule has 0 saturated carbocycles. The molecule has 1 aliphatic heterocycles. The van der Waals surface area contributed by atoms with E-state index in [2.05, 4.69) is 35.0 Å².